The monoisotopic (exact) mass is 204 g/mol. The Bertz CT molecular complexity index is 279. The van der Waals surface area contributed by atoms with Crippen molar-refractivity contribution < 1.29 is 13.2 Å². The largest absolute Gasteiger partial charge is 0.300 e. The summed E-state index contributed by atoms with van der Waals surface area (Å²) in [6.07, 6.45) is 2.88. The van der Waals surface area contributed by atoms with Crippen LogP contribution >= 0.6 is 0 Å². The van der Waals surface area contributed by atoms with Gasteiger partial charge in [0.15, 0.2) is 9.84 Å². The van der Waals surface area contributed by atoms with E-state index in [0.717, 1.165) is 6.42 Å². The fourth-order valence-electron chi connectivity index (χ4n) is 1.74. The van der Waals surface area contributed by atoms with Crippen LogP contribution < -0.4 is 0 Å². The third kappa shape index (κ3) is 2.79. The van der Waals surface area contributed by atoms with Gasteiger partial charge in [-0.1, -0.05) is 6.92 Å². The van der Waals surface area contributed by atoms with Gasteiger partial charge in [-0.3, -0.25) is 4.79 Å². The molecule has 1 aliphatic carbocycles. The summed E-state index contributed by atoms with van der Waals surface area (Å²) in [6.45, 7) is 1.85. The molecule has 0 saturated heterocycles. The molecule has 0 N–H and O–H groups in total. The zero-order chi connectivity index (χ0) is 9.90. The quantitative estimate of drug-likeness (QED) is 0.696. The highest BCUT2D eigenvalue weighted by atomic mass is 32.2. The van der Waals surface area contributed by atoms with E-state index < -0.39 is 9.84 Å². The van der Waals surface area contributed by atoms with E-state index in [1.54, 1.807) is 0 Å². The summed E-state index contributed by atoms with van der Waals surface area (Å²) < 4.78 is 23.2. The number of carbonyl (C=O) groups is 1. The fraction of sp³-hybridized carbons (Fsp3) is 0.889. The molecule has 4 heteroatoms. The van der Waals surface area contributed by atoms with Crippen molar-refractivity contribution >= 4 is 15.6 Å². The van der Waals surface area contributed by atoms with Crippen LogP contribution in [0.15, 0.2) is 0 Å². The van der Waals surface area contributed by atoms with E-state index in [1.165, 1.54) is 0 Å². The Kier molecular flexibility index (Phi) is 3.47. The Hall–Kier alpha value is -0.380. The smallest absolute Gasteiger partial charge is 0.153 e. The van der Waals surface area contributed by atoms with Crippen LogP contribution in [0.25, 0.3) is 0 Å². The molecule has 0 aromatic heterocycles. The first-order valence-corrected chi connectivity index (χ1v) is 6.51. The van der Waals surface area contributed by atoms with Crippen molar-refractivity contribution in [1.82, 2.24) is 0 Å². The third-order valence-corrected chi connectivity index (χ3v) is 4.83. The summed E-state index contributed by atoms with van der Waals surface area (Å²) in [6, 6.07) is 0. The molecule has 13 heavy (non-hydrogen) atoms. The molecule has 0 bridgehead atoms. The molecule has 0 aromatic carbocycles. The normalized spacial score (nSPS) is 24.7. The molecule has 0 radical (unpaired) electrons. The van der Waals surface area contributed by atoms with Crippen molar-refractivity contribution in [2.24, 2.45) is 0 Å². The van der Waals surface area contributed by atoms with Gasteiger partial charge in [0.2, 0.25) is 0 Å². The van der Waals surface area contributed by atoms with E-state index in [2.05, 4.69) is 0 Å². The molecule has 3 nitrogen and oxygen atoms in total. The average Bonchev–Trinajstić information content (AvgIpc) is 2.04. The van der Waals surface area contributed by atoms with Crippen LogP contribution in [-0.4, -0.2) is 25.2 Å². The maximum atomic E-state index is 11.6. The first-order valence-electron chi connectivity index (χ1n) is 4.79. The molecule has 0 heterocycles. The van der Waals surface area contributed by atoms with Gasteiger partial charge < -0.3 is 0 Å². The van der Waals surface area contributed by atoms with Crippen molar-refractivity contribution in [2.75, 3.05) is 5.75 Å². The van der Waals surface area contributed by atoms with E-state index in [-0.39, 0.29) is 23.2 Å². The van der Waals surface area contributed by atoms with Crippen LogP contribution in [0, 0.1) is 0 Å². The Balaban J connectivity index is 2.65. The lowest BCUT2D eigenvalue weighted by molar-refractivity contribution is -0.120. The highest BCUT2D eigenvalue weighted by Crippen LogP contribution is 2.22. The Labute approximate surface area is 79.4 Å². The minimum Gasteiger partial charge on any atom is -0.300 e. The SMILES string of the molecule is CCCS(=O)(=O)C1CCCC(=O)C1. The zero-order valence-electron chi connectivity index (χ0n) is 7.95. The van der Waals surface area contributed by atoms with Gasteiger partial charge >= 0.3 is 0 Å². The summed E-state index contributed by atoms with van der Waals surface area (Å²) >= 11 is 0. The molecule has 1 rings (SSSR count). The summed E-state index contributed by atoms with van der Waals surface area (Å²) in [4.78, 5) is 11.1. The summed E-state index contributed by atoms with van der Waals surface area (Å²) in [5.74, 6) is 0.334. The zero-order valence-corrected chi connectivity index (χ0v) is 8.77. The topological polar surface area (TPSA) is 51.2 Å². The fourth-order valence-corrected chi connectivity index (χ4v) is 3.61. The van der Waals surface area contributed by atoms with Crippen LogP contribution in [0.5, 0.6) is 0 Å². The second kappa shape index (κ2) is 4.22. The van der Waals surface area contributed by atoms with Crippen molar-refractivity contribution in [1.29, 1.82) is 0 Å². The standard InChI is InChI=1S/C9H16O3S/c1-2-6-13(11,12)9-5-3-4-8(10)7-9/h9H,2-7H2,1H3. The van der Waals surface area contributed by atoms with Crippen molar-refractivity contribution in [3.63, 3.8) is 0 Å². The maximum Gasteiger partial charge on any atom is 0.153 e. The summed E-state index contributed by atoms with van der Waals surface area (Å²) in [5, 5.41) is -0.381. The number of sulfone groups is 1. The predicted octanol–water partition coefficient (Wildman–Crippen LogP) is 1.32. The average molecular weight is 204 g/mol. The highest BCUT2D eigenvalue weighted by molar-refractivity contribution is 7.92. The molecular formula is C9H16O3S. The Morgan fingerprint density at radius 3 is 2.69 bits per heavy atom. The van der Waals surface area contributed by atoms with E-state index in [4.69, 9.17) is 0 Å². The Morgan fingerprint density at radius 2 is 2.15 bits per heavy atom. The molecule has 1 fully saturated rings. The highest BCUT2D eigenvalue weighted by Gasteiger charge is 2.29. The predicted molar refractivity (Wildman–Crippen MR) is 51.3 cm³/mol. The lowest BCUT2D eigenvalue weighted by atomic mass is 9.99. The van der Waals surface area contributed by atoms with Crippen LogP contribution in [0.1, 0.15) is 39.0 Å². The second-order valence-electron chi connectivity index (χ2n) is 3.62. The summed E-state index contributed by atoms with van der Waals surface area (Å²) in [7, 11) is -2.99. The number of ketones is 1. The van der Waals surface area contributed by atoms with Gasteiger partial charge in [0.25, 0.3) is 0 Å². The molecule has 0 aliphatic heterocycles. The summed E-state index contributed by atoms with van der Waals surface area (Å²) in [5.41, 5.74) is 0. The molecule has 1 aliphatic rings. The van der Waals surface area contributed by atoms with E-state index in [9.17, 15) is 13.2 Å². The van der Waals surface area contributed by atoms with Gasteiger partial charge in [-0.25, -0.2) is 8.42 Å². The molecule has 1 unspecified atom stereocenters. The number of hydrogen-bond donors (Lipinski definition) is 0. The van der Waals surface area contributed by atoms with Gasteiger partial charge in [-0.15, -0.1) is 0 Å². The maximum absolute atomic E-state index is 11.6. The number of hydrogen-bond acceptors (Lipinski definition) is 3. The second-order valence-corrected chi connectivity index (χ2v) is 6.02. The molecule has 1 atom stereocenters. The molecule has 76 valence electrons. The minimum atomic E-state index is -2.99. The lowest BCUT2D eigenvalue weighted by Gasteiger charge is -2.20. The first-order chi connectivity index (χ1) is 6.06. The Morgan fingerprint density at radius 1 is 1.46 bits per heavy atom. The van der Waals surface area contributed by atoms with Gasteiger partial charge in [-0.05, 0) is 19.3 Å². The number of carbonyl (C=O) groups excluding carboxylic acids is 1. The van der Waals surface area contributed by atoms with Crippen LogP contribution in [0.2, 0.25) is 0 Å². The van der Waals surface area contributed by atoms with Crippen LogP contribution in [0.4, 0.5) is 0 Å². The molecular weight excluding hydrogens is 188 g/mol. The first kappa shape index (κ1) is 10.7. The van der Waals surface area contributed by atoms with Crippen molar-refractivity contribution in [2.45, 2.75) is 44.3 Å². The van der Waals surface area contributed by atoms with Gasteiger partial charge in [0.1, 0.15) is 5.78 Å². The van der Waals surface area contributed by atoms with Gasteiger partial charge in [-0.2, -0.15) is 0 Å². The van der Waals surface area contributed by atoms with Gasteiger partial charge in [0, 0.05) is 12.8 Å². The third-order valence-electron chi connectivity index (χ3n) is 2.43. The van der Waals surface area contributed by atoms with E-state index in [1.807, 2.05) is 6.92 Å². The number of rotatable bonds is 3. The van der Waals surface area contributed by atoms with Gasteiger partial charge in [0.05, 0.1) is 11.0 Å². The lowest BCUT2D eigenvalue weighted by Crippen LogP contribution is -2.30. The van der Waals surface area contributed by atoms with Crippen molar-refractivity contribution in [3.05, 3.63) is 0 Å². The molecule has 0 amide bonds. The van der Waals surface area contributed by atoms with Crippen LogP contribution in [0.3, 0.4) is 0 Å². The van der Waals surface area contributed by atoms with E-state index in [0.29, 0.717) is 19.3 Å². The van der Waals surface area contributed by atoms with E-state index >= 15 is 0 Å². The number of Topliss-reactive ketones (excluding diaryl/α,β-unsaturated/α-hetero) is 1. The minimum absolute atomic E-state index is 0.107. The molecule has 1 saturated carbocycles. The molecule has 0 spiro atoms. The van der Waals surface area contributed by atoms with Crippen LogP contribution in [-0.2, 0) is 14.6 Å². The molecule has 0 aromatic rings. The van der Waals surface area contributed by atoms with Crippen molar-refractivity contribution in [3.8, 4) is 0 Å².